The van der Waals surface area contributed by atoms with Gasteiger partial charge in [-0.3, -0.25) is 14.4 Å². The molecule has 0 unspecified atom stereocenters. The number of carbonyl (C=O) groups excluding carboxylic acids is 3. The molecule has 1 N–H and O–H groups in total. The van der Waals surface area contributed by atoms with Crippen molar-refractivity contribution in [3.05, 3.63) is 30.3 Å². The van der Waals surface area contributed by atoms with Crippen molar-refractivity contribution >= 4 is 51.7 Å². The summed E-state index contributed by atoms with van der Waals surface area (Å²) in [7, 11) is 0. The molecular formula is C13H12N2O3S2. The molecule has 0 aliphatic carbocycles. The third-order valence-electron chi connectivity index (χ3n) is 2.62. The monoisotopic (exact) mass is 308 g/mol. The zero-order valence-electron chi connectivity index (χ0n) is 10.5. The summed E-state index contributed by atoms with van der Waals surface area (Å²) >= 11 is 6.03. The average Bonchev–Trinajstić information content (AvgIpc) is 2.77. The van der Waals surface area contributed by atoms with Crippen LogP contribution in [0, 0.1) is 0 Å². The Hall–Kier alpha value is -1.73. The molecule has 1 heterocycles. The molecule has 104 valence electrons. The Morgan fingerprint density at radius 2 is 1.80 bits per heavy atom. The van der Waals surface area contributed by atoms with E-state index in [1.54, 1.807) is 12.1 Å². The Balaban J connectivity index is 1.83. The van der Waals surface area contributed by atoms with Crippen molar-refractivity contribution < 1.29 is 14.4 Å². The van der Waals surface area contributed by atoms with Gasteiger partial charge in [0.1, 0.15) is 4.32 Å². The van der Waals surface area contributed by atoms with Crippen molar-refractivity contribution in [1.82, 2.24) is 4.90 Å². The molecule has 0 spiro atoms. The number of nitrogens with zero attached hydrogens (tertiary/aromatic N) is 1. The summed E-state index contributed by atoms with van der Waals surface area (Å²) in [5, 5.41) is 2.70. The summed E-state index contributed by atoms with van der Waals surface area (Å²) in [6.07, 6.45) is 0.380. The quantitative estimate of drug-likeness (QED) is 0.681. The lowest BCUT2D eigenvalue weighted by atomic mass is 10.3. The molecule has 1 fully saturated rings. The molecule has 1 aliphatic rings. The van der Waals surface area contributed by atoms with E-state index in [9.17, 15) is 14.4 Å². The Morgan fingerprint density at radius 1 is 1.20 bits per heavy atom. The van der Waals surface area contributed by atoms with Crippen molar-refractivity contribution in [2.45, 2.75) is 12.8 Å². The predicted molar refractivity (Wildman–Crippen MR) is 81.2 cm³/mol. The van der Waals surface area contributed by atoms with Crippen LogP contribution in [-0.4, -0.2) is 32.7 Å². The van der Waals surface area contributed by atoms with E-state index in [-0.39, 0.29) is 40.6 Å². The van der Waals surface area contributed by atoms with Crippen LogP contribution in [0.2, 0.25) is 0 Å². The molecule has 0 bridgehead atoms. The molecule has 1 aliphatic heterocycles. The van der Waals surface area contributed by atoms with E-state index in [1.165, 1.54) is 0 Å². The average molecular weight is 308 g/mol. The topological polar surface area (TPSA) is 66.5 Å². The zero-order chi connectivity index (χ0) is 14.5. The lowest BCUT2D eigenvalue weighted by Crippen LogP contribution is -2.33. The van der Waals surface area contributed by atoms with Crippen LogP contribution in [0.4, 0.5) is 5.69 Å². The highest BCUT2D eigenvalue weighted by atomic mass is 32.2. The van der Waals surface area contributed by atoms with E-state index >= 15 is 0 Å². The summed E-state index contributed by atoms with van der Waals surface area (Å²) < 4.78 is 0.140. The van der Waals surface area contributed by atoms with Crippen molar-refractivity contribution in [3.8, 4) is 0 Å². The summed E-state index contributed by atoms with van der Waals surface area (Å²) in [5.41, 5.74) is 0.692. The fraction of sp³-hybridized carbons (Fsp3) is 0.231. The third kappa shape index (κ3) is 3.64. The molecule has 0 radical (unpaired) electrons. The minimum absolute atomic E-state index is 0.0603. The van der Waals surface area contributed by atoms with Gasteiger partial charge in [-0.05, 0) is 12.1 Å². The second kappa shape index (κ2) is 6.62. The van der Waals surface area contributed by atoms with Gasteiger partial charge in [0.2, 0.25) is 17.7 Å². The number of thiocarbonyl (C=S) groups is 1. The standard InChI is InChI=1S/C13H12N2O3S2/c16-10(14-9-4-2-1-3-5-9)8-20-13(19)15-11(17)6-7-12(15)18/h1-5H,6-8H2,(H,14,16). The summed E-state index contributed by atoms with van der Waals surface area (Å²) in [6, 6.07) is 9.02. The number of hydrogen-bond acceptors (Lipinski definition) is 5. The smallest absolute Gasteiger partial charge is 0.235 e. The number of benzene rings is 1. The molecule has 0 saturated carbocycles. The largest absolute Gasteiger partial charge is 0.325 e. The maximum atomic E-state index is 11.7. The normalized spacial score (nSPS) is 14.5. The van der Waals surface area contributed by atoms with Crippen molar-refractivity contribution in [1.29, 1.82) is 0 Å². The van der Waals surface area contributed by atoms with Crippen LogP contribution in [0.1, 0.15) is 12.8 Å². The molecule has 7 heteroatoms. The third-order valence-corrected chi connectivity index (χ3v) is 3.99. The van der Waals surface area contributed by atoms with Crippen LogP contribution >= 0.6 is 24.0 Å². The second-order valence-electron chi connectivity index (χ2n) is 4.09. The first-order valence-electron chi connectivity index (χ1n) is 5.95. The summed E-state index contributed by atoms with van der Waals surface area (Å²) in [4.78, 5) is 35.6. The minimum Gasteiger partial charge on any atom is -0.325 e. The predicted octanol–water partition coefficient (Wildman–Crippen LogP) is 1.79. The van der Waals surface area contributed by atoms with Crippen molar-refractivity contribution in [3.63, 3.8) is 0 Å². The Bertz CT molecular complexity index is 544. The van der Waals surface area contributed by atoms with Gasteiger partial charge in [-0.1, -0.05) is 42.2 Å². The number of anilines is 1. The van der Waals surface area contributed by atoms with Gasteiger partial charge in [0.15, 0.2) is 0 Å². The van der Waals surface area contributed by atoms with E-state index in [0.29, 0.717) is 5.69 Å². The van der Waals surface area contributed by atoms with Crippen LogP contribution in [0.15, 0.2) is 30.3 Å². The molecular weight excluding hydrogens is 296 g/mol. The molecule has 2 rings (SSSR count). The molecule has 3 amide bonds. The van der Waals surface area contributed by atoms with Gasteiger partial charge in [0.25, 0.3) is 0 Å². The number of nitrogens with one attached hydrogen (secondary N) is 1. The van der Waals surface area contributed by atoms with Crippen LogP contribution in [0.25, 0.3) is 0 Å². The lowest BCUT2D eigenvalue weighted by molar-refractivity contribution is -0.133. The Labute approximate surface area is 125 Å². The molecule has 5 nitrogen and oxygen atoms in total. The number of amides is 3. The van der Waals surface area contributed by atoms with E-state index < -0.39 is 0 Å². The van der Waals surface area contributed by atoms with Crippen LogP contribution in [0.5, 0.6) is 0 Å². The first-order chi connectivity index (χ1) is 9.58. The fourth-order valence-electron chi connectivity index (χ4n) is 1.69. The molecule has 0 atom stereocenters. The number of rotatable bonds is 3. The van der Waals surface area contributed by atoms with Gasteiger partial charge in [0, 0.05) is 18.5 Å². The highest BCUT2D eigenvalue weighted by Crippen LogP contribution is 2.19. The highest BCUT2D eigenvalue weighted by molar-refractivity contribution is 8.23. The second-order valence-corrected chi connectivity index (χ2v) is 5.70. The van der Waals surface area contributed by atoms with E-state index in [2.05, 4.69) is 5.32 Å². The van der Waals surface area contributed by atoms with Crippen LogP contribution in [0.3, 0.4) is 0 Å². The molecule has 1 saturated heterocycles. The first-order valence-corrected chi connectivity index (χ1v) is 7.35. The van der Waals surface area contributed by atoms with E-state index in [0.717, 1.165) is 16.7 Å². The maximum absolute atomic E-state index is 11.7. The number of likely N-dealkylation sites (tertiary alicyclic amines) is 1. The Kier molecular flexibility index (Phi) is 4.86. The van der Waals surface area contributed by atoms with Crippen LogP contribution < -0.4 is 5.32 Å². The zero-order valence-corrected chi connectivity index (χ0v) is 12.1. The van der Waals surface area contributed by atoms with Crippen molar-refractivity contribution in [2.75, 3.05) is 11.1 Å². The minimum atomic E-state index is -0.295. The summed E-state index contributed by atoms with van der Waals surface area (Å²) in [5.74, 6) is -0.764. The molecule has 1 aromatic carbocycles. The van der Waals surface area contributed by atoms with E-state index in [1.807, 2.05) is 18.2 Å². The van der Waals surface area contributed by atoms with Gasteiger partial charge >= 0.3 is 0 Å². The molecule has 20 heavy (non-hydrogen) atoms. The SMILES string of the molecule is O=C(CSC(=S)N1C(=O)CCC1=O)Nc1ccccc1. The van der Waals surface area contributed by atoms with Crippen molar-refractivity contribution in [2.24, 2.45) is 0 Å². The van der Waals surface area contributed by atoms with Gasteiger partial charge < -0.3 is 5.32 Å². The van der Waals surface area contributed by atoms with Gasteiger partial charge in [0.05, 0.1) is 5.75 Å². The molecule has 0 aromatic heterocycles. The number of imide groups is 1. The maximum Gasteiger partial charge on any atom is 0.235 e. The summed E-state index contributed by atoms with van der Waals surface area (Å²) in [6.45, 7) is 0. The Morgan fingerprint density at radius 3 is 2.40 bits per heavy atom. The number of hydrogen-bond donors (Lipinski definition) is 1. The lowest BCUT2D eigenvalue weighted by Gasteiger charge is -2.13. The van der Waals surface area contributed by atoms with Gasteiger partial charge in [-0.25, -0.2) is 4.90 Å². The molecule has 1 aromatic rings. The van der Waals surface area contributed by atoms with Gasteiger partial charge in [-0.2, -0.15) is 0 Å². The number of carbonyl (C=O) groups is 3. The van der Waals surface area contributed by atoms with Gasteiger partial charge in [-0.15, -0.1) is 0 Å². The highest BCUT2D eigenvalue weighted by Gasteiger charge is 2.32. The van der Waals surface area contributed by atoms with Crippen LogP contribution in [-0.2, 0) is 14.4 Å². The van der Waals surface area contributed by atoms with E-state index in [4.69, 9.17) is 12.2 Å². The fourth-order valence-corrected chi connectivity index (χ4v) is 2.73. The first kappa shape index (κ1) is 14.7. The number of thioether (sulfide) groups is 1. The number of para-hydroxylation sites is 1.